The van der Waals surface area contributed by atoms with E-state index in [1.807, 2.05) is 0 Å². The summed E-state index contributed by atoms with van der Waals surface area (Å²) in [6, 6.07) is 0. The first-order valence-corrected chi connectivity index (χ1v) is 9.14. The van der Waals surface area contributed by atoms with Crippen LogP contribution in [-0.2, 0) is 29.1 Å². The molecule has 1 saturated heterocycles. The third-order valence-electron chi connectivity index (χ3n) is 4.01. The highest BCUT2D eigenvalue weighted by Crippen LogP contribution is 2.36. The van der Waals surface area contributed by atoms with Crippen molar-refractivity contribution in [3.8, 4) is 0 Å². The second-order valence-electron chi connectivity index (χ2n) is 7.38. The van der Waals surface area contributed by atoms with Gasteiger partial charge in [0.15, 0.2) is 0 Å². The minimum atomic E-state index is -1.37. The monoisotopic (exact) mass is 344 g/mol. The lowest BCUT2D eigenvalue weighted by Gasteiger charge is -2.08. The number of unbranched alkanes of at least 4 members (excludes halogenated alkanes) is 3. The molecule has 1 fully saturated rings. The van der Waals surface area contributed by atoms with Gasteiger partial charge < -0.3 is 0 Å². The van der Waals surface area contributed by atoms with Crippen LogP contribution < -0.4 is 0 Å². The molecule has 0 N–H and O–H groups in total. The maximum Gasteiger partial charge on any atom is 0.420 e. The summed E-state index contributed by atoms with van der Waals surface area (Å²) in [6.07, 6.45) is 7.44. The fourth-order valence-corrected chi connectivity index (χ4v) is 2.40. The van der Waals surface area contributed by atoms with Gasteiger partial charge in [-0.05, 0) is 24.7 Å². The van der Waals surface area contributed by atoms with Crippen LogP contribution in [-0.4, -0.2) is 17.7 Å². The predicted octanol–water partition coefficient (Wildman–Crippen LogP) is 4.47. The molecule has 1 aliphatic rings. The number of carbonyl (C=O) groups is 2. The van der Waals surface area contributed by atoms with Crippen LogP contribution in [0.5, 0.6) is 0 Å². The van der Waals surface area contributed by atoms with Crippen molar-refractivity contribution < 1.29 is 29.1 Å². The molecule has 1 rings (SSSR count). The maximum absolute atomic E-state index is 11.9. The SMILES string of the molecule is CC(C)CCCCCC(=O)OOC(=O)C1(CCCCC(C)C)OO1. The second-order valence-corrected chi connectivity index (χ2v) is 7.38. The Kier molecular flexibility index (Phi) is 9.29. The van der Waals surface area contributed by atoms with E-state index in [-0.39, 0.29) is 6.42 Å². The van der Waals surface area contributed by atoms with Crippen molar-refractivity contribution in [2.75, 3.05) is 0 Å². The highest BCUT2D eigenvalue weighted by Gasteiger charge is 2.59. The first kappa shape index (κ1) is 20.9. The predicted molar refractivity (Wildman–Crippen MR) is 88.3 cm³/mol. The molecular formula is C18H32O6. The van der Waals surface area contributed by atoms with Gasteiger partial charge in [-0.1, -0.05) is 59.8 Å². The van der Waals surface area contributed by atoms with E-state index >= 15 is 0 Å². The van der Waals surface area contributed by atoms with Gasteiger partial charge in [-0.3, -0.25) is 0 Å². The van der Waals surface area contributed by atoms with Crippen LogP contribution in [0.15, 0.2) is 0 Å². The zero-order valence-corrected chi connectivity index (χ0v) is 15.5. The van der Waals surface area contributed by atoms with Crippen molar-refractivity contribution in [3.05, 3.63) is 0 Å². The Bertz CT molecular complexity index is 387. The Morgan fingerprint density at radius 3 is 1.96 bits per heavy atom. The standard InChI is InChI=1S/C18H32O6/c1-14(2)10-6-5-7-12-16(19)21-22-17(20)18(23-24-18)13-9-8-11-15(3)4/h14-15H,5-13H2,1-4H3. The molecule has 6 heteroatoms. The molecule has 0 aliphatic carbocycles. The number of carbonyl (C=O) groups excluding carboxylic acids is 2. The van der Waals surface area contributed by atoms with Gasteiger partial charge in [0.2, 0.25) is 0 Å². The molecule has 1 heterocycles. The summed E-state index contributed by atoms with van der Waals surface area (Å²) in [5.41, 5.74) is 0. The highest BCUT2D eigenvalue weighted by atomic mass is 17.4. The van der Waals surface area contributed by atoms with Crippen LogP contribution in [0.4, 0.5) is 0 Å². The first-order valence-electron chi connectivity index (χ1n) is 9.14. The quantitative estimate of drug-likeness (QED) is 0.225. The summed E-state index contributed by atoms with van der Waals surface area (Å²) in [4.78, 5) is 42.1. The molecule has 0 bridgehead atoms. The summed E-state index contributed by atoms with van der Waals surface area (Å²) in [5, 5.41) is 0. The average molecular weight is 344 g/mol. The normalized spacial score (nSPS) is 15.6. The van der Waals surface area contributed by atoms with E-state index in [0.29, 0.717) is 18.3 Å². The Morgan fingerprint density at radius 1 is 0.833 bits per heavy atom. The number of hydrogen-bond donors (Lipinski definition) is 0. The van der Waals surface area contributed by atoms with Crippen LogP contribution in [0.3, 0.4) is 0 Å². The molecule has 0 aromatic heterocycles. The lowest BCUT2D eigenvalue weighted by molar-refractivity contribution is -0.264. The van der Waals surface area contributed by atoms with Crippen LogP contribution in [0, 0.1) is 11.8 Å². The Balaban J connectivity index is 2.10. The van der Waals surface area contributed by atoms with Crippen molar-refractivity contribution in [1.82, 2.24) is 0 Å². The Labute approximate surface area is 145 Å². The summed E-state index contributed by atoms with van der Waals surface area (Å²) < 4.78 is 0. The van der Waals surface area contributed by atoms with E-state index in [1.165, 1.54) is 0 Å². The topological polar surface area (TPSA) is 77.7 Å². The first-order chi connectivity index (χ1) is 11.4. The molecule has 140 valence electrons. The van der Waals surface area contributed by atoms with Gasteiger partial charge in [0.05, 0.1) is 6.42 Å². The van der Waals surface area contributed by atoms with Gasteiger partial charge in [0.25, 0.3) is 0 Å². The Hall–Kier alpha value is -1.14. The van der Waals surface area contributed by atoms with E-state index in [9.17, 15) is 9.59 Å². The average Bonchev–Trinajstić information content (AvgIpc) is 3.29. The highest BCUT2D eigenvalue weighted by molar-refractivity contribution is 5.79. The van der Waals surface area contributed by atoms with Crippen LogP contribution in [0.25, 0.3) is 0 Å². The molecule has 24 heavy (non-hydrogen) atoms. The minimum Gasteiger partial charge on any atom is -0.247 e. The van der Waals surface area contributed by atoms with Gasteiger partial charge in [-0.25, -0.2) is 19.4 Å². The third kappa shape index (κ3) is 8.64. The van der Waals surface area contributed by atoms with Gasteiger partial charge in [-0.15, -0.1) is 0 Å². The van der Waals surface area contributed by atoms with E-state index in [0.717, 1.165) is 44.9 Å². The summed E-state index contributed by atoms with van der Waals surface area (Å²) in [6.45, 7) is 8.65. The van der Waals surface area contributed by atoms with Crippen LogP contribution in [0.2, 0.25) is 0 Å². The van der Waals surface area contributed by atoms with Gasteiger partial charge in [0, 0.05) is 6.42 Å². The number of hydrogen-bond acceptors (Lipinski definition) is 6. The summed E-state index contributed by atoms with van der Waals surface area (Å²) in [7, 11) is 0. The Morgan fingerprint density at radius 2 is 1.42 bits per heavy atom. The van der Waals surface area contributed by atoms with E-state index < -0.39 is 17.7 Å². The molecule has 0 aromatic rings. The van der Waals surface area contributed by atoms with Gasteiger partial charge >= 0.3 is 17.7 Å². The summed E-state index contributed by atoms with van der Waals surface area (Å²) >= 11 is 0. The van der Waals surface area contributed by atoms with Gasteiger partial charge in [-0.2, -0.15) is 9.78 Å². The van der Waals surface area contributed by atoms with Crippen molar-refractivity contribution in [3.63, 3.8) is 0 Å². The van der Waals surface area contributed by atoms with Crippen molar-refractivity contribution in [2.45, 2.75) is 91.3 Å². The lowest BCUT2D eigenvalue weighted by Crippen LogP contribution is -2.27. The molecule has 0 amide bonds. The molecule has 0 spiro atoms. The van der Waals surface area contributed by atoms with Gasteiger partial charge in [0.1, 0.15) is 0 Å². The van der Waals surface area contributed by atoms with E-state index in [2.05, 4.69) is 37.5 Å². The van der Waals surface area contributed by atoms with E-state index in [4.69, 9.17) is 9.78 Å². The fourth-order valence-electron chi connectivity index (χ4n) is 2.40. The molecule has 0 unspecified atom stereocenters. The second kappa shape index (κ2) is 10.7. The van der Waals surface area contributed by atoms with Crippen LogP contribution >= 0.6 is 0 Å². The summed E-state index contributed by atoms with van der Waals surface area (Å²) in [5.74, 6) is -1.40. The largest absolute Gasteiger partial charge is 0.420 e. The molecular weight excluding hydrogens is 312 g/mol. The molecule has 0 aromatic carbocycles. The molecule has 0 saturated carbocycles. The van der Waals surface area contributed by atoms with Crippen molar-refractivity contribution >= 4 is 11.9 Å². The number of rotatable bonds is 12. The minimum absolute atomic E-state index is 0.245. The maximum atomic E-state index is 11.9. The molecule has 1 aliphatic heterocycles. The zero-order chi connectivity index (χ0) is 18.0. The van der Waals surface area contributed by atoms with Crippen molar-refractivity contribution in [2.24, 2.45) is 11.8 Å². The van der Waals surface area contributed by atoms with Crippen molar-refractivity contribution in [1.29, 1.82) is 0 Å². The fraction of sp³-hybridized carbons (Fsp3) is 0.889. The molecule has 6 nitrogen and oxygen atoms in total. The molecule has 0 atom stereocenters. The van der Waals surface area contributed by atoms with Crippen LogP contribution in [0.1, 0.15) is 85.5 Å². The third-order valence-corrected chi connectivity index (χ3v) is 4.01. The molecule has 0 radical (unpaired) electrons. The van der Waals surface area contributed by atoms with E-state index in [1.54, 1.807) is 0 Å². The lowest BCUT2D eigenvalue weighted by atomic mass is 10.0. The zero-order valence-electron chi connectivity index (χ0n) is 15.5. The smallest absolute Gasteiger partial charge is 0.247 e.